The summed E-state index contributed by atoms with van der Waals surface area (Å²) in [6.07, 6.45) is 0.599. The highest BCUT2D eigenvalue weighted by Gasteiger charge is 2.53. The van der Waals surface area contributed by atoms with Gasteiger partial charge in [0, 0.05) is 23.4 Å². The molecule has 2 fully saturated rings. The summed E-state index contributed by atoms with van der Waals surface area (Å²) in [6.45, 7) is -0.140. The number of benzene rings is 1. The van der Waals surface area contributed by atoms with E-state index in [1.165, 1.54) is 18.2 Å². The van der Waals surface area contributed by atoms with Gasteiger partial charge in [-0.3, -0.25) is 19.8 Å². The summed E-state index contributed by atoms with van der Waals surface area (Å²) >= 11 is 1.62. The van der Waals surface area contributed by atoms with Crippen LogP contribution in [0.5, 0.6) is 0 Å². The zero-order valence-corrected chi connectivity index (χ0v) is 14.2. The fourth-order valence-electron chi connectivity index (χ4n) is 2.98. The monoisotopic (exact) mass is 375 g/mol. The molecule has 11 heteroatoms. The predicted octanol–water partition coefficient (Wildman–Crippen LogP) is 1.57. The maximum atomic E-state index is 12.6. The number of nitrogens with one attached hydrogen (secondary N) is 1. The molecule has 26 heavy (non-hydrogen) atoms. The van der Waals surface area contributed by atoms with E-state index >= 15 is 0 Å². The molecule has 1 atom stereocenters. The number of nitrogens with zero attached hydrogens (tertiary/aromatic N) is 4. The molecule has 1 aromatic heterocycles. The molecular weight excluding hydrogens is 362 g/mol. The van der Waals surface area contributed by atoms with Gasteiger partial charge in [-0.2, -0.15) is 16.7 Å². The second-order valence-corrected chi connectivity index (χ2v) is 7.13. The summed E-state index contributed by atoms with van der Waals surface area (Å²) in [7, 11) is 0. The van der Waals surface area contributed by atoms with Crippen molar-refractivity contribution >= 4 is 29.4 Å². The van der Waals surface area contributed by atoms with Crippen molar-refractivity contribution in [2.75, 3.05) is 11.5 Å². The van der Waals surface area contributed by atoms with Crippen LogP contribution in [0.1, 0.15) is 12.3 Å². The minimum absolute atomic E-state index is 0.0812. The van der Waals surface area contributed by atoms with E-state index in [0.29, 0.717) is 17.7 Å². The van der Waals surface area contributed by atoms with Gasteiger partial charge in [-0.1, -0.05) is 17.3 Å². The number of urea groups is 1. The zero-order valence-electron chi connectivity index (χ0n) is 13.4. The van der Waals surface area contributed by atoms with Crippen molar-refractivity contribution in [2.24, 2.45) is 0 Å². The average molecular weight is 375 g/mol. The Bertz CT molecular complexity index is 907. The Morgan fingerprint density at radius 3 is 3.00 bits per heavy atom. The summed E-state index contributed by atoms with van der Waals surface area (Å²) < 4.78 is 5.12. The molecule has 4 rings (SSSR count). The van der Waals surface area contributed by atoms with Gasteiger partial charge in [0.1, 0.15) is 12.1 Å². The van der Waals surface area contributed by atoms with Gasteiger partial charge in [-0.25, -0.2) is 4.79 Å². The molecule has 0 unspecified atom stereocenters. The topological polar surface area (TPSA) is 131 Å². The molecule has 2 aromatic rings. The van der Waals surface area contributed by atoms with Crippen LogP contribution in [0.2, 0.25) is 0 Å². The van der Waals surface area contributed by atoms with Crippen LogP contribution in [-0.4, -0.2) is 48.9 Å². The lowest BCUT2D eigenvalue weighted by molar-refractivity contribution is -0.384. The van der Waals surface area contributed by atoms with E-state index in [0.717, 1.165) is 10.7 Å². The van der Waals surface area contributed by atoms with Gasteiger partial charge in [0.15, 0.2) is 0 Å². The number of carbonyl (C=O) groups excluding carboxylic acids is 2. The molecule has 2 aliphatic heterocycles. The van der Waals surface area contributed by atoms with Crippen molar-refractivity contribution in [2.45, 2.75) is 18.5 Å². The lowest BCUT2D eigenvalue weighted by Crippen LogP contribution is -2.46. The van der Waals surface area contributed by atoms with Gasteiger partial charge >= 0.3 is 6.03 Å². The minimum Gasteiger partial charge on any atom is -0.337 e. The number of nitro groups is 1. The summed E-state index contributed by atoms with van der Waals surface area (Å²) in [5.41, 5.74) is -0.510. The average Bonchev–Trinajstić information content (AvgIpc) is 3.33. The fourth-order valence-corrected chi connectivity index (χ4v) is 4.31. The Balaban J connectivity index is 1.54. The quantitative estimate of drug-likeness (QED) is 0.484. The molecule has 1 aromatic carbocycles. The molecule has 0 radical (unpaired) electrons. The summed E-state index contributed by atoms with van der Waals surface area (Å²) in [4.78, 5) is 40.3. The first kappa shape index (κ1) is 16.5. The van der Waals surface area contributed by atoms with E-state index in [1.54, 1.807) is 17.8 Å². The lowest BCUT2D eigenvalue weighted by Gasteiger charge is -2.18. The van der Waals surface area contributed by atoms with E-state index in [4.69, 9.17) is 4.52 Å². The van der Waals surface area contributed by atoms with Crippen LogP contribution < -0.4 is 5.32 Å². The highest BCUT2D eigenvalue weighted by Crippen LogP contribution is 2.34. The first-order valence-corrected chi connectivity index (χ1v) is 8.93. The normalized spacial score (nSPS) is 22.2. The highest BCUT2D eigenvalue weighted by molar-refractivity contribution is 7.99. The molecule has 10 nitrogen and oxygen atoms in total. The molecular formula is C15H13N5O5S. The SMILES string of the molecule is O=C1N[C@]2(CCSC2)C(=O)N1Cc1nc(-c2cccc([N+](=O)[O-])c2)no1. The molecule has 3 heterocycles. The van der Waals surface area contributed by atoms with E-state index in [2.05, 4.69) is 15.5 Å². The molecule has 2 saturated heterocycles. The van der Waals surface area contributed by atoms with E-state index in [9.17, 15) is 19.7 Å². The third-order valence-corrected chi connectivity index (χ3v) is 5.53. The van der Waals surface area contributed by atoms with E-state index < -0.39 is 16.5 Å². The molecule has 1 N–H and O–H groups in total. The number of imide groups is 1. The van der Waals surface area contributed by atoms with Crippen molar-refractivity contribution in [1.29, 1.82) is 0 Å². The fraction of sp³-hybridized carbons (Fsp3) is 0.333. The smallest absolute Gasteiger partial charge is 0.325 e. The van der Waals surface area contributed by atoms with Crippen LogP contribution in [0.4, 0.5) is 10.5 Å². The number of aromatic nitrogens is 2. The van der Waals surface area contributed by atoms with Crippen LogP contribution in [0.15, 0.2) is 28.8 Å². The van der Waals surface area contributed by atoms with Crippen LogP contribution in [0.3, 0.4) is 0 Å². The first-order chi connectivity index (χ1) is 12.5. The zero-order chi connectivity index (χ0) is 18.3. The minimum atomic E-state index is -0.829. The van der Waals surface area contributed by atoms with Gasteiger partial charge in [-0.15, -0.1) is 0 Å². The number of nitro benzene ring substituents is 1. The maximum absolute atomic E-state index is 12.6. The third-order valence-electron chi connectivity index (χ3n) is 4.34. The van der Waals surface area contributed by atoms with Gasteiger partial charge in [-0.05, 0) is 12.2 Å². The molecule has 0 aliphatic carbocycles. The third kappa shape index (κ3) is 2.69. The second kappa shape index (κ2) is 6.09. The molecule has 3 amide bonds. The van der Waals surface area contributed by atoms with Crippen LogP contribution >= 0.6 is 11.8 Å². The molecule has 134 valence electrons. The molecule has 0 saturated carbocycles. The van der Waals surface area contributed by atoms with Crippen molar-refractivity contribution < 1.29 is 19.0 Å². The van der Waals surface area contributed by atoms with Gasteiger partial charge in [0.25, 0.3) is 11.6 Å². The van der Waals surface area contributed by atoms with E-state index in [1.807, 2.05) is 0 Å². The maximum Gasteiger partial charge on any atom is 0.325 e. The number of amides is 3. The van der Waals surface area contributed by atoms with Crippen LogP contribution in [0.25, 0.3) is 11.4 Å². The van der Waals surface area contributed by atoms with Crippen LogP contribution in [0, 0.1) is 10.1 Å². The van der Waals surface area contributed by atoms with E-state index in [-0.39, 0.29) is 29.9 Å². The number of hydrogen-bond acceptors (Lipinski definition) is 8. The van der Waals surface area contributed by atoms with Gasteiger partial charge in [0.05, 0.1) is 4.92 Å². The Labute approximate surface area is 151 Å². The number of non-ortho nitro benzene ring substituents is 1. The number of hydrogen-bond donors (Lipinski definition) is 1. The molecule has 0 bridgehead atoms. The van der Waals surface area contributed by atoms with Crippen molar-refractivity contribution in [3.05, 3.63) is 40.3 Å². The Kier molecular flexibility index (Phi) is 3.87. The number of rotatable bonds is 4. The summed E-state index contributed by atoms with van der Waals surface area (Å²) in [6, 6.07) is 5.33. The Hall–Kier alpha value is -2.95. The first-order valence-electron chi connectivity index (χ1n) is 7.78. The summed E-state index contributed by atoms with van der Waals surface area (Å²) in [5, 5.41) is 17.4. The second-order valence-electron chi connectivity index (χ2n) is 6.03. The lowest BCUT2D eigenvalue weighted by atomic mass is 9.99. The molecule has 2 aliphatic rings. The predicted molar refractivity (Wildman–Crippen MR) is 90.1 cm³/mol. The van der Waals surface area contributed by atoms with Gasteiger partial charge < -0.3 is 9.84 Å². The van der Waals surface area contributed by atoms with Gasteiger partial charge in [0.2, 0.25) is 11.7 Å². The largest absolute Gasteiger partial charge is 0.337 e. The van der Waals surface area contributed by atoms with Crippen LogP contribution in [-0.2, 0) is 11.3 Å². The Morgan fingerprint density at radius 2 is 2.27 bits per heavy atom. The Morgan fingerprint density at radius 1 is 1.42 bits per heavy atom. The standard InChI is InChI=1S/C15H13N5O5S/c21-13-15(4-5-26-8-15)17-14(22)19(13)7-11-16-12(18-25-11)9-2-1-3-10(6-9)20(23)24/h1-3,6H,4-5,7-8H2,(H,17,22)/t15-/m0/s1. The van der Waals surface area contributed by atoms with Crippen molar-refractivity contribution in [3.8, 4) is 11.4 Å². The number of thioether (sulfide) groups is 1. The summed E-state index contributed by atoms with van der Waals surface area (Å²) in [5.74, 6) is 1.32. The number of carbonyl (C=O) groups is 2. The molecule has 1 spiro atoms. The van der Waals surface area contributed by atoms with Crippen molar-refractivity contribution in [3.63, 3.8) is 0 Å². The highest BCUT2D eigenvalue weighted by atomic mass is 32.2. The van der Waals surface area contributed by atoms with Crippen molar-refractivity contribution in [1.82, 2.24) is 20.4 Å².